The van der Waals surface area contributed by atoms with Gasteiger partial charge in [0.1, 0.15) is 0 Å². The van der Waals surface area contributed by atoms with E-state index < -0.39 is 5.97 Å². The number of fused-ring (bicyclic) bond motifs is 2. The first kappa shape index (κ1) is 13.3. The highest BCUT2D eigenvalue weighted by Gasteiger charge is 2.20. The van der Waals surface area contributed by atoms with Crippen molar-refractivity contribution in [2.75, 3.05) is 0 Å². The number of benzene rings is 1. The Balaban J connectivity index is 2.41. The number of rotatable bonds is 2. The van der Waals surface area contributed by atoms with Gasteiger partial charge in [0, 0.05) is 46.1 Å². The molecule has 1 N–H and O–H groups in total. The third-order valence-electron chi connectivity index (χ3n) is 3.20. The van der Waals surface area contributed by atoms with E-state index in [1.54, 1.807) is 18.5 Å². The predicted molar refractivity (Wildman–Crippen MR) is 85.2 cm³/mol. The van der Waals surface area contributed by atoms with Crippen LogP contribution in [0, 0.1) is 0 Å². The topological polar surface area (TPSA) is 62.5 Å². The molecule has 5 heteroatoms. The van der Waals surface area contributed by atoms with E-state index in [0.29, 0.717) is 22.5 Å². The van der Waals surface area contributed by atoms with Gasteiger partial charge in [-0.1, -0.05) is 30.4 Å². The lowest BCUT2D eigenvalue weighted by molar-refractivity contribution is -0.131. The van der Waals surface area contributed by atoms with Crippen LogP contribution < -0.4 is 0 Å². The second kappa shape index (κ2) is 5.38. The van der Waals surface area contributed by atoms with E-state index in [-0.39, 0.29) is 0 Å². The molecule has 21 heavy (non-hydrogen) atoms. The molecular formula is C16H10N2O2S. The summed E-state index contributed by atoms with van der Waals surface area (Å²) in [6.45, 7) is 0. The zero-order chi connectivity index (χ0) is 14.8. The lowest BCUT2D eigenvalue weighted by Crippen LogP contribution is -2.04. The molecule has 0 bridgehead atoms. The average molecular weight is 294 g/mol. The summed E-state index contributed by atoms with van der Waals surface area (Å²) in [6.07, 6.45) is 4.46. The van der Waals surface area contributed by atoms with Gasteiger partial charge < -0.3 is 5.11 Å². The number of carboxylic acid groups (broad SMARTS) is 1. The molecule has 4 nitrogen and oxygen atoms in total. The number of carboxylic acids is 1. The summed E-state index contributed by atoms with van der Waals surface area (Å²) < 4.78 is 0. The van der Waals surface area contributed by atoms with Crippen molar-refractivity contribution in [1.82, 2.24) is 4.98 Å². The molecular weight excluding hydrogens is 284 g/mol. The van der Waals surface area contributed by atoms with Crippen LogP contribution in [0.4, 0.5) is 5.69 Å². The lowest BCUT2D eigenvalue weighted by atomic mass is 9.94. The van der Waals surface area contributed by atoms with Crippen molar-refractivity contribution in [2.45, 2.75) is 0 Å². The Morgan fingerprint density at radius 1 is 1.14 bits per heavy atom. The van der Waals surface area contributed by atoms with E-state index in [0.717, 1.165) is 11.1 Å². The third kappa shape index (κ3) is 2.39. The van der Waals surface area contributed by atoms with Crippen LogP contribution in [0.1, 0.15) is 16.7 Å². The van der Waals surface area contributed by atoms with Crippen molar-refractivity contribution < 1.29 is 9.90 Å². The minimum atomic E-state index is -1.01. The molecule has 0 fully saturated rings. The molecule has 0 radical (unpaired) electrons. The molecule has 0 atom stereocenters. The fourth-order valence-electron chi connectivity index (χ4n) is 2.34. The number of para-hydroxylation sites is 1. The van der Waals surface area contributed by atoms with Crippen LogP contribution in [-0.2, 0) is 4.79 Å². The SMILES string of the molecule is O=C(O)C=C1c2ccccc2N=C(C=S)c2ccncc21. The van der Waals surface area contributed by atoms with Gasteiger partial charge >= 0.3 is 5.97 Å². The molecule has 2 aromatic rings. The summed E-state index contributed by atoms with van der Waals surface area (Å²) >= 11 is 5.05. The average Bonchev–Trinajstić information content (AvgIpc) is 2.63. The molecule has 1 aliphatic rings. The number of carbonyl (C=O) groups is 1. The maximum absolute atomic E-state index is 11.2. The predicted octanol–water partition coefficient (Wildman–Crippen LogP) is 3.03. The van der Waals surface area contributed by atoms with E-state index >= 15 is 0 Å². The van der Waals surface area contributed by atoms with Crippen LogP contribution >= 0.6 is 12.2 Å². The molecule has 0 spiro atoms. The zero-order valence-electron chi connectivity index (χ0n) is 10.9. The highest BCUT2D eigenvalue weighted by Crippen LogP contribution is 2.35. The van der Waals surface area contributed by atoms with Crippen LogP contribution in [0.15, 0.2) is 53.8 Å². The van der Waals surface area contributed by atoms with Gasteiger partial charge in [0.05, 0.1) is 11.4 Å². The van der Waals surface area contributed by atoms with Crippen molar-refractivity contribution in [3.63, 3.8) is 0 Å². The van der Waals surface area contributed by atoms with E-state index in [4.69, 9.17) is 17.3 Å². The van der Waals surface area contributed by atoms with Crippen LogP contribution in [0.25, 0.3) is 5.57 Å². The number of pyridine rings is 1. The Hall–Kier alpha value is -2.66. The number of hydrogen-bond donors (Lipinski definition) is 1. The van der Waals surface area contributed by atoms with E-state index in [1.807, 2.05) is 24.3 Å². The van der Waals surface area contributed by atoms with Gasteiger partial charge in [-0.3, -0.25) is 4.98 Å². The van der Waals surface area contributed by atoms with Gasteiger partial charge in [-0.05, 0) is 12.1 Å². The van der Waals surface area contributed by atoms with Crippen molar-refractivity contribution in [3.05, 3.63) is 65.5 Å². The molecule has 2 heterocycles. The van der Waals surface area contributed by atoms with Gasteiger partial charge in [0.2, 0.25) is 0 Å². The third-order valence-corrected chi connectivity index (χ3v) is 3.43. The summed E-state index contributed by atoms with van der Waals surface area (Å²) in [4.78, 5) is 19.8. The molecule has 1 aromatic carbocycles. The zero-order valence-corrected chi connectivity index (χ0v) is 11.7. The Bertz CT molecular complexity index is 809. The van der Waals surface area contributed by atoms with Crippen LogP contribution in [0.5, 0.6) is 0 Å². The lowest BCUT2D eigenvalue weighted by Gasteiger charge is -2.09. The van der Waals surface area contributed by atoms with E-state index in [1.165, 1.54) is 11.4 Å². The van der Waals surface area contributed by atoms with Crippen LogP contribution in [-0.4, -0.2) is 27.1 Å². The van der Waals surface area contributed by atoms with Gasteiger partial charge in [-0.25, -0.2) is 9.79 Å². The number of hydrogen-bond acceptors (Lipinski definition) is 4. The molecule has 0 amide bonds. The first-order chi connectivity index (χ1) is 10.2. The van der Waals surface area contributed by atoms with Gasteiger partial charge in [-0.2, -0.15) is 0 Å². The normalized spacial score (nSPS) is 14.7. The minimum absolute atomic E-state index is 0.580. The Morgan fingerprint density at radius 2 is 1.95 bits per heavy atom. The molecule has 0 unspecified atom stereocenters. The van der Waals surface area contributed by atoms with Gasteiger partial charge in [0.15, 0.2) is 0 Å². The van der Waals surface area contributed by atoms with Gasteiger partial charge in [0.25, 0.3) is 0 Å². The van der Waals surface area contributed by atoms with Crippen molar-refractivity contribution in [3.8, 4) is 0 Å². The number of nitrogens with zero attached hydrogens (tertiary/aromatic N) is 2. The Morgan fingerprint density at radius 3 is 2.71 bits per heavy atom. The summed E-state index contributed by atoms with van der Waals surface area (Å²) in [5.74, 6) is -1.01. The van der Waals surface area contributed by atoms with E-state index in [2.05, 4.69) is 9.98 Å². The molecule has 1 aromatic heterocycles. The second-order valence-corrected chi connectivity index (χ2v) is 4.69. The summed E-state index contributed by atoms with van der Waals surface area (Å²) in [6, 6.07) is 9.18. The molecule has 3 rings (SSSR count). The summed E-state index contributed by atoms with van der Waals surface area (Å²) in [7, 11) is 0. The fourth-order valence-corrected chi connectivity index (χ4v) is 2.51. The minimum Gasteiger partial charge on any atom is -0.478 e. The maximum Gasteiger partial charge on any atom is 0.328 e. The van der Waals surface area contributed by atoms with E-state index in [9.17, 15) is 4.79 Å². The van der Waals surface area contributed by atoms with Crippen LogP contribution in [0.3, 0.4) is 0 Å². The first-order valence-electron chi connectivity index (χ1n) is 6.23. The first-order valence-corrected chi connectivity index (χ1v) is 6.70. The molecule has 0 saturated carbocycles. The number of aliphatic imine (C=N–C) groups is 1. The number of aliphatic carboxylic acids is 1. The van der Waals surface area contributed by atoms with Crippen LogP contribution in [0.2, 0.25) is 0 Å². The second-order valence-electron chi connectivity index (χ2n) is 4.45. The number of thiocarbonyl (C=S) groups is 1. The van der Waals surface area contributed by atoms with Crippen molar-refractivity contribution in [2.24, 2.45) is 4.99 Å². The van der Waals surface area contributed by atoms with Crippen molar-refractivity contribution in [1.29, 1.82) is 0 Å². The largest absolute Gasteiger partial charge is 0.478 e. The quantitative estimate of drug-likeness (QED) is 0.683. The smallest absolute Gasteiger partial charge is 0.328 e. The Labute approximate surface area is 126 Å². The van der Waals surface area contributed by atoms with Gasteiger partial charge in [-0.15, -0.1) is 0 Å². The fraction of sp³-hybridized carbons (Fsp3) is 0. The Kier molecular flexibility index (Phi) is 3.41. The monoisotopic (exact) mass is 294 g/mol. The number of aromatic nitrogens is 1. The standard InChI is InChI=1S/C16H10N2O2S/c19-16(20)7-12-10-3-1-2-4-14(10)18-15(9-21)11-5-6-17-8-13(11)12/h1-9H,(H,19,20). The van der Waals surface area contributed by atoms with Crippen molar-refractivity contribution >= 4 is 40.5 Å². The summed E-state index contributed by atoms with van der Waals surface area (Å²) in [5, 5.41) is 10.7. The maximum atomic E-state index is 11.2. The molecule has 102 valence electrons. The highest BCUT2D eigenvalue weighted by molar-refractivity contribution is 7.80. The molecule has 0 saturated heterocycles. The highest BCUT2D eigenvalue weighted by atomic mass is 32.1. The molecule has 1 aliphatic heterocycles. The summed E-state index contributed by atoms with van der Waals surface area (Å²) in [5.41, 5.74) is 4.15. The molecule has 0 aliphatic carbocycles.